The number of hydrogen-bond acceptors (Lipinski definition) is 7. The van der Waals surface area contributed by atoms with Gasteiger partial charge in [-0.1, -0.05) is 19.1 Å². The molecule has 1 aromatic carbocycles. The van der Waals surface area contributed by atoms with Gasteiger partial charge in [-0.25, -0.2) is 9.67 Å². The van der Waals surface area contributed by atoms with E-state index in [2.05, 4.69) is 45.2 Å². The highest BCUT2D eigenvalue weighted by Crippen LogP contribution is 2.53. The van der Waals surface area contributed by atoms with E-state index in [0.717, 1.165) is 60.5 Å². The summed E-state index contributed by atoms with van der Waals surface area (Å²) < 4.78 is 3.90. The third kappa shape index (κ3) is 4.46. The summed E-state index contributed by atoms with van der Waals surface area (Å²) in [6, 6.07) is 12.5. The van der Waals surface area contributed by atoms with Crippen LogP contribution in [0.5, 0.6) is 0 Å². The summed E-state index contributed by atoms with van der Waals surface area (Å²) in [6.07, 6.45) is 8.07. The number of pyridine rings is 1. The zero-order valence-electron chi connectivity index (χ0n) is 22.4. The standard InChI is InChI=1S/C29H33N9O/c1-19-5-4-10-37(16-19)17-21-11-24(27(31)39)34-25-15-33-38(26(21)25)23-7-3-6-22(12-23)29(13-20(14-29)8-9-30)28-35-32-18-36(28)2/h3,6-7,11-12,15,18-20H,4-5,8,10,13-14,16-17H2,1-2H3,(H2,31,39)/t19-,20?,29?/m0/s1. The van der Waals surface area contributed by atoms with Gasteiger partial charge in [0.05, 0.1) is 28.9 Å². The number of carbonyl (C=O) groups excluding carboxylic acids is 1. The third-order valence-electron chi connectivity index (χ3n) is 8.43. The van der Waals surface area contributed by atoms with Crippen LogP contribution in [0.2, 0.25) is 0 Å². The van der Waals surface area contributed by atoms with Gasteiger partial charge in [-0.3, -0.25) is 9.69 Å². The predicted octanol–water partition coefficient (Wildman–Crippen LogP) is 3.49. The SMILES string of the molecule is C[C@H]1CCCN(Cc2cc(C(N)=O)nc3cnn(-c4cccc(C5(c6nncn6C)CC(CC#N)C5)c4)c23)C1. The minimum Gasteiger partial charge on any atom is -0.364 e. The van der Waals surface area contributed by atoms with Crippen LogP contribution in [0.4, 0.5) is 0 Å². The molecule has 1 atom stereocenters. The van der Waals surface area contributed by atoms with Crippen LogP contribution in [-0.2, 0) is 19.0 Å². The molecule has 1 saturated carbocycles. The Morgan fingerprint density at radius 3 is 2.85 bits per heavy atom. The molecule has 2 aliphatic rings. The highest BCUT2D eigenvalue weighted by atomic mass is 16.1. The monoisotopic (exact) mass is 523 g/mol. The summed E-state index contributed by atoms with van der Waals surface area (Å²) in [5.74, 6) is 1.34. The van der Waals surface area contributed by atoms with Crippen LogP contribution in [0.1, 0.15) is 66.5 Å². The Morgan fingerprint density at radius 2 is 2.13 bits per heavy atom. The maximum atomic E-state index is 12.1. The number of nitrogens with zero attached hydrogens (tertiary/aromatic N) is 8. The number of fused-ring (bicyclic) bond motifs is 1. The molecule has 10 nitrogen and oxygen atoms in total. The number of amides is 1. The fourth-order valence-corrected chi connectivity index (χ4v) is 6.63. The first-order valence-corrected chi connectivity index (χ1v) is 13.6. The van der Waals surface area contributed by atoms with Crippen molar-refractivity contribution in [3.8, 4) is 11.8 Å². The lowest BCUT2D eigenvalue weighted by Crippen LogP contribution is -2.44. The van der Waals surface area contributed by atoms with Crippen molar-refractivity contribution >= 4 is 16.9 Å². The maximum absolute atomic E-state index is 12.1. The molecule has 200 valence electrons. The molecule has 10 heteroatoms. The number of carbonyl (C=O) groups is 1. The number of aromatic nitrogens is 6. The maximum Gasteiger partial charge on any atom is 0.267 e. The van der Waals surface area contributed by atoms with Crippen molar-refractivity contribution in [3.63, 3.8) is 0 Å². The van der Waals surface area contributed by atoms with Crippen molar-refractivity contribution < 1.29 is 4.79 Å². The number of nitriles is 1. The number of likely N-dealkylation sites (tertiary alicyclic amines) is 1. The molecule has 1 amide bonds. The summed E-state index contributed by atoms with van der Waals surface area (Å²) in [6.45, 7) is 5.03. The van der Waals surface area contributed by atoms with Gasteiger partial charge < -0.3 is 10.3 Å². The molecule has 2 fully saturated rings. The van der Waals surface area contributed by atoms with Crippen LogP contribution >= 0.6 is 0 Å². The normalized spacial score (nSPS) is 23.4. The lowest BCUT2D eigenvalue weighted by atomic mass is 9.57. The van der Waals surface area contributed by atoms with E-state index in [1.165, 1.54) is 6.42 Å². The molecular weight excluding hydrogens is 490 g/mol. The van der Waals surface area contributed by atoms with Gasteiger partial charge in [0.2, 0.25) is 0 Å². The summed E-state index contributed by atoms with van der Waals surface area (Å²) in [4.78, 5) is 19.1. The lowest BCUT2D eigenvalue weighted by Gasteiger charge is -2.46. The van der Waals surface area contributed by atoms with Crippen LogP contribution in [0.15, 0.2) is 42.9 Å². The molecule has 1 aliphatic heterocycles. The lowest BCUT2D eigenvalue weighted by molar-refractivity contribution is 0.0995. The zero-order chi connectivity index (χ0) is 27.1. The fourth-order valence-electron chi connectivity index (χ4n) is 6.63. The first kappa shape index (κ1) is 25.2. The molecular formula is C29H33N9O. The second-order valence-corrected chi connectivity index (χ2v) is 11.3. The fraction of sp³-hybridized carbons (Fsp3) is 0.448. The molecule has 4 heterocycles. The molecule has 3 aromatic heterocycles. The van der Waals surface area contributed by atoms with Crippen molar-refractivity contribution in [3.05, 3.63) is 65.5 Å². The van der Waals surface area contributed by atoms with Crippen molar-refractivity contribution in [1.82, 2.24) is 34.4 Å². The molecule has 1 aliphatic carbocycles. The zero-order valence-corrected chi connectivity index (χ0v) is 22.4. The Bertz CT molecular complexity index is 1570. The number of primary amides is 1. The molecule has 1 saturated heterocycles. The van der Waals surface area contributed by atoms with Crippen LogP contribution in [0.3, 0.4) is 0 Å². The van der Waals surface area contributed by atoms with Crippen LogP contribution < -0.4 is 5.73 Å². The Kier molecular flexibility index (Phi) is 6.39. The van der Waals surface area contributed by atoms with Crippen molar-refractivity contribution in [2.24, 2.45) is 24.6 Å². The van der Waals surface area contributed by atoms with Crippen molar-refractivity contribution in [2.45, 2.75) is 51.0 Å². The quantitative estimate of drug-likeness (QED) is 0.392. The van der Waals surface area contributed by atoms with Gasteiger partial charge >= 0.3 is 0 Å². The minimum absolute atomic E-state index is 0.259. The molecule has 4 aromatic rings. The molecule has 0 spiro atoms. The number of rotatable bonds is 7. The highest BCUT2D eigenvalue weighted by Gasteiger charge is 2.49. The van der Waals surface area contributed by atoms with Gasteiger partial charge in [0.25, 0.3) is 5.91 Å². The van der Waals surface area contributed by atoms with E-state index in [1.807, 2.05) is 34.5 Å². The van der Waals surface area contributed by atoms with E-state index >= 15 is 0 Å². The summed E-state index contributed by atoms with van der Waals surface area (Å²) in [7, 11) is 1.97. The summed E-state index contributed by atoms with van der Waals surface area (Å²) in [5.41, 5.74) is 10.2. The molecule has 0 radical (unpaired) electrons. The van der Waals surface area contributed by atoms with Crippen molar-refractivity contribution in [1.29, 1.82) is 5.26 Å². The second-order valence-electron chi connectivity index (χ2n) is 11.3. The Balaban J connectivity index is 1.44. The third-order valence-corrected chi connectivity index (χ3v) is 8.43. The van der Waals surface area contributed by atoms with E-state index in [4.69, 9.17) is 10.8 Å². The number of piperidine rings is 1. The van der Waals surface area contributed by atoms with E-state index in [-0.39, 0.29) is 11.1 Å². The van der Waals surface area contributed by atoms with Gasteiger partial charge in [0.1, 0.15) is 23.4 Å². The van der Waals surface area contributed by atoms with E-state index in [0.29, 0.717) is 30.3 Å². The Morgan fingerprint density at radius 1 is 1.28 bits per heavy atom. The smallest absolute Gasteiger partial charge is 0.267 e. The molecule has 2 N–H and O–H groups in total. The number of benzene rings is 1. The number of aryl methyl sites for hydroxylation is 1. The summed E-state index contributed by atoms with van der Waals surface area (Å²) in [5, 5.41) is 22.6. The molecule has 0 unspecified atom stereocenters. The van der Waals surface area contributed by atoms with Gasteiger partial charge in [0, 0.05) is 26.6 Å². The molecule has 39 heavy (non-hydrogen) atoms. The number of hydrogen-bond donors (Lipinski definition) is 1. The van der Waals surface area contributed by atoms with Gasteiger partial charge in [0.15, 0.2) is 0 Å². The van der Waals surface area contributed by atoms with Gasteiger partial charge in [-0.05, 0) is 73.4 Å². The molecule has 6 rings (SSSR count). The van der Waals surface area contributed by atoms with Gasteiger partial charge in [-0.2, -0.15) is 10.4 Å². The van der Waals surface area contributed by atoms with E-state index in [9.17, 15) is 10.1 Å². The first-order chi connectivity index (χ1) is 18.9. The molecule has 0 bridgehead atoms. The topological polar surface area (TPSA) is 132 Å². The van der Waals surface area contributed by atoms with E-state index in [1.54, 1.807) is 12.5 Å². The number of nitrogens with two attached hydrogens (primary N) is 1. The largest absolute Gasteiger partial charge is 0.364 e. The Hall–Kier alpha value is -4.10. The van der Waals surface area contributed by atoms with Gasteiger partial charge in [-0.15, -0.1) is 10.2 Å². The van der Waals surface area contributed by atoms with E-state index < -0.39 is 5.91 Å². The Labute approximate surface area is 227 Å². The average molecular weight is 524 g/mol. The van der Waals surface area contributed by atoms with Crippen molar-refractivity contribution in [2.75, 3.05) is 13.1 Å². The highest BCUT2D eigenvalue weighted by molar-refractivity contribution is 5.94. The first-order valence-electron chi connectivity index (χ1n) is 13.6. The van der Waals surface area contributed by atoms with Crippen LogP contribution in [0, 0.1) is 23.2 Å². The summed E-state index contributed by atoms with van der Waals surface area (Å²) >= 11 is 0. The second kappa shape index (κ2) is 9.89. The van der Waals surface area contributed by atoms with Crippen LogP contribution in [0.25, 0.3) is 16.7 Å². The minimum atomic E-state index is -0.539. The van der Waals surface area contributed by atoms with Crippen LogP contribution in [-0.4, -0.2) is 53.4 Å². The predicted molar refractivity (Wildman–Crippen MR) is 146 cm³/mol. The average Bonchev–Trinajstić information content (AvgIpc) is 3.53.